The van der Waals surface area contributed by atoms with E-state index in [0.29, 0.717) is 5.69 Å². The molecule has 0 aliphatic heterocycles. The van der Waals surface area contributed by atoms with Crippen LogP contribution in [0.2, 0.25) is 0 Å². The Morgan fingerprint density at radius 2 is 1.76 bits per heavy atom. The van der Waals surface area contributed by atoms with Crippen molar-refractivity contribution in [3.05, 3.63) is 81.1 Å². The first kappa shape index (κ1) is 20.3. The van der Waals surface area contributed by atoms with E-state index in [1.807, 2.05) is 64.1 Å². The fourth-order valence-corrected chi connectivity index (χ4v) is 2.86. The number of nitrogens with zero attached hydrogens (tertiary/aromatic N) is 2. The highest BCUT2D eigenvalue weighted by Gasteiger charge is 2.17. The number of rotatable bonds is 5. The Morgan fingerprint density at radius 3 is 2.48 bits per heavy atom. The number of nitrogens with one attached hydrogen (secondary N) is 1. The van der Waals surface area contributed by atoms with E-state index in [4.69, 9.17) is 4.74 Å². The Morgan fingerprint density at radius 1 is 1.00 bits per heavy atom. The lowest BCUT2D eigenvalue weighted by Crippen LogP contribution is -2.31. The van der Waals surface area contributed by atoms with Crippen LogP contribution in [0, 0.1) is 27.7 Å². The van der Waals surface area contributed by atoms with Gasteiger partial charge in [0.25, 0.3) is 11.5 Å². The minimum atomic E-state index is -0.784. The Bertz CT molecular complexity index is 1120. The lowest BCUT2D eigenvalue weighted by atomic mass is 10.1. The third-order valence-corrected chi connectivity index (χ3v) is 5.04. The molecule has 0 saturated heterocycles. The molecule has 6 nitrogen and oxygen atoms in total. The molecule has 150 valence electrons. The molecule has 1 heterocycles. The summed E-state index contributed by atoms with van der Waals surface area (Å²) in [6, 6.07) is 14.3. The average molecular weight is 391 g/mol. The van der Waals surface area contributed by atoms with Crippen molar-refractivity contribution in [3.8, 4) is 11.6 Å². The van der Waals surface area contributed by atoms with Crippen molar-refractivity contribution in [1.29, 1.82) is 0 Å². The zero-order valence-electron chi connectivity index (χ0n) is 17.3. The third-order valence-electron chi connectivity index (χ3n) is 5.04. The smallest absolute Gasteiger partial charge is 0.271 e. The molecule has 0 aliphatic carbocycles. The highest BCUT2D eigenvalue weighted by Crippen LogP contribution is 2.19. The molecule has 1 unspecified atom stereocenters. The van der Waals surface area contributed by atoms with Crippen LogP contribution in [0.15, 0.2) is 53.3 Å². The second kappa shape index (κ2) is 8.31. The molecule has 1 aromatic heterocycles. The van der Waals surface area contributed by atoms with E-state index in [1.165, 1.54) is 16.8 Å². The summed E-state index contributed by atoms with van der Waals surface area (Å²) in [5.74, 6) is -0.0872. The van der Waals surface area contributed by atoms with Gasteiger partial charge in [0.15, 0.2) is 6.10 Å². The van der Waals surface area contributed by atoms with E-state index in [2.05, 4.69) is 10.4 Å². The van der Waals surface area contributed by atoms with Gasteiger partial charge in [0.2, 0.25) is 5.88 Å². The zero-order valence-corrected chi connectivity index (χ0v) is 17.3. The molecule has 1 N–H and O–H groups in total. The summed E-state index contributed by atoms with van der Waals surface area (Å²) < 4.78 is 6.98. The molecule has 2 aromatic carbocycles. The molecule has 1 atom stereocenters. The molecule has 0 spiro atoms. The standard InChI is InChI=1S/C23H25N3O3/c1-14-9-10-19(13-16(14)3)26-22(27)12-11-21(25-26)29-18(5)23(28)24-20-8-6-7-15(2)17(20)4/h6-13,18H,1-5H3,(H,24,28). The number of amides is 1. The van der Waals surface area contributed by atoms with Gasteiger partial charge in [-0.15, -0.1) is 5.10 Å². The third kappa shape index (κ3) is 4.54. The fraction of sp³-hybridized carbons (Fsp3) is 0.261. The normalized spacial score (nSPS) is 11.8. The van der Waals surface area contributed by atoms with Crippen LogP contribution in [0.5, 0.6) is 5.88 Å². The van der Waals surface area contributed by atoms with Gasteiger partial charge >= 0.3 is 0 Å². The zero-order chi connectivity index (χ0) is 21.1. The number of carbonyl (C=O) groups is 1. The van der Waals surface area contributed by atoms with Crippen molar-refractivity contribution < 1.29 is 9.53 Å². The van der Waals surface area contributed by atoms with Gasteiger partial charge in [-0.3, -0.25) is 9.59 Å². The molecular weight excluding hydrogens is 366 g/mol. The average Bonchev–Trinajstić information content (AvgIpc) is 2.69. The van der Waals surface area contributed by atoms with Crippen molar-refractivity contribution in [2.45, 2.75) is 40.7 Å². The second-order valence-electron chi connectivity index (χ2n) is 7.19. The maximum absolute atomic E-state index is 12.6. The van der Waals surface area contributed by atoms with Crippen LogP contribution in [0.1, 0.15) is 29.2 Å². The summed E-state index contributed by atoms with van der Waals surface area (Å²) in [5.41, 5.74) is 5.42. The van der Waals surface area contributed by atoms with Crippen molar-refractivity contribution >= 4 is 11.6 Å². The van der Waals surface area contributed by atoms with Crippen LogP contribution >= 0.6 is 0 Å². The molecule has 0 aliphatic rings. The molecular formula is C23H25N3O3. The fourth-order valence-electron chi connectivity index (χ4n) is 2.86. The summed E-state index contributed by atoms with van der Waals surface area (Å²) in [4.78, 5) is 24.8. The van der Waals surface area contributed by atoms with Gasteiger partial charge in [0, 0.05) is 17.8 Å². The van der Waals surface area contributed by atoms with Crippen LogP contribution in [-0.2, 0) is 4.79 Å². The molecule has 1 amide bonds. The SMILES string of the molecule is Cc1ccc(-n2nc(OC(C)C(=O)Nc3cccc(C)c3C)ccc2=O)cc1C. The molecule has 6 heteroatoms. The Hall–Kier alpha value is -3.41. The minimum Gasteiger partial charge on any atom is -0.463 e. The number of hydrogen-bond donors (Lipinski definition) is 1. The van der Waals surface area contributed by atoms with E-state index >= 15 is 0 Å². The predicted octanol–water partition coefficient (Wildman–Crippen LogP) is 3.87. The molecule has 29 heavy (non-hydrogen) atoms. The number of aryl methyl sites for hydroxylation is 3. The van der Waals surface area contributed by atoms with Crippen molar-refractivity contribution in [1.82, 2.24) is 9.78 Å². The molecule has 0 fully saturated rings. The van der Waals surface area contributed by atoms with Crippen molar-refractivity contribution in [3.63, 3.8) is 0 Å². The van der Waals surface area contributed by atoms with Gasteiger partial charge in [-0.1, -0.05) is 18.2 Å². The van der Waals surface area contributed by atoms with Crippen LogP contribution in [-0.4, -0.2) is 21.8 Å². The largest absolute Gasteiger partial charge is 0.463 e. The van der Waals surface area contributed by atoms with Crippen LogP contribution in [0.4, 0.5) is 5.69 Å². The van der Waals surface area contributed by atoms with E-state index < -0.39 is 6.10 Å². The monoisotopic (exact) mass is 391 g/mol. The van der Waals surface area contributed by atoms with Gasteiger partial charge in [-0.05, 0) is 75.1 Å². The topological polar surface area (TPSA) is 73.2 Å². The first-order chi connectivity index (χ1) is 13.8. The summed E-state index contributed by atoms with van der Waals surface area (Å²) in [7, 11) is 0. The molecule has 0 radical (unpaired) electrons. The summed E-state index contributed by atoms with van der Waals surface area (Å²) in [6.45, 7) is 9.57. The Kier molecular flexibility index (Phi) is 5.82. The molecule has 3 rings (SSSR count). The highest BCUT2D eigenvalue weighted by molar-refractivity contribution is 5.94. The Labute approximate surface area is 170 Å². The summed E-state index contributed by atoms with van der Waals surface area (Å²) >= 11 is 0. The number of benzene rings is 2. The Balaban J connectivity index is 1.79. The van der Waals surface area contributed by atoms with Gasteiger partial charge < -0.3 is 10.1 Å². The molecule has 3 aromatic rings. The maximum Gasteiger partial charge on any atom is 0.271 e. The first-order valence-electron chi connectivity index (χ1n) is 9.48. The van der Waals surface area contributed by atoms with Crippen LogP contribution in [0.25, 0.3) is 5.69 Å². The number of ether oxygens (including phenoxy) is 1. The maximum atomic E-state index is 12.6. The highest BCUT2D eigenvalue weighted by atomic mass is 16.5. The van der Waals surface area contributed by atoms with Gasteiger partial charge in [0.05, 0.1) is 5.69 Å². The van der Waals surface area contributed by atoms with Crippen LogP contribution in [0.3, 0.4) is 0 Å². The van der Waals surface area contributed by atoms with Crippen molar-refractivity contribution in [2.24, 2.45) is 0 Å². The van der Waals surface area contributed by atoms with Crippen molar-refractivity contribution in [2.75, 3.05) is 5.32 Å². The number of hydrogen-bond acceptors (Lipinski definition) is 4. The number of aromatic nitrogens is 2. The van der Waals surface area contributed by atoms with Gasteiger partial charge in [-0.2, -0.15) is 4.68 Å². The van der Waals surface area contributed by atoms with E-state index in [0.717, 1.165) is 27.9 Å². The minimum absolute atomic E-state index is 0.200. The van der Waals surface area contributed by atoms with Crippen LogP contribution < -0.4 is 15.6 Å². The second-order valence-corrected chi connectivity index (χ2v) is 7.19. The summed E-state index contributed by atoms with van der Waals surface area (Å²) in [6.07, 6.45) is -0.784. The predicted molar refractivity (Wildman–Crippen MR) is 114 cm³/mol. The lowest BCUT2D eigenvalue weighted by molar-refractivity contribution is -0.122. The number of carbonyl (C=O) groups excluding carboxylic acids is 1. The lowest BCUT2D eigenvalue weighted by Gasteiger charge is -2.16. The van der Waals surface area contributed by atoms with E-state index in [-0.39, 0.29) is 17.3 Å². The van der Waals surface area contributed by atoms with E-state index in [9.17, 15) is 9.59 Å². The van der Waals surface area contributed by atoms with E-state index in [1.54, 1.807) is 6.92 Å². The van der Waals surface area contributed by atoms with Gasteiger partial charge in [-0.25, -0.2) is 0 Å². The first-order valence-corrected chi connectivity index (χ1v) is 9.48. The van der Waals surface area contributed by atoms with Gasteiger partial charge in [0.1, 0.15) is 0 Å². The quantitative estimate of drug-likeness (QED) is 0.716. The number of anilines is 1. The molecule has 0 saturated carbocycles. The summed E-state index contributed by atoms with van der Waals surface area (Å²) in [5, 5.41) is 7.16. The molecule has 0 bridgehead atoms.